The molecule has 0 amide bonds. The molecule has 0 saturated heterocycles. The molecule has 1 fully saturated rings. The minimum absolute atomic E-state index is 0.568. The van der Waals surface area contributed by atoms with Crippen LogP contribution in [0.4, 0.5) is 5.69 Å². The molecular formula is C13H13Br2N3O. The van der Waals surface area contributed by atoms with Crippen molar-refractivity contribution in [3.8, 4) is 5.75 Å². The topological polar surface area (TPSA) is 60.2 Å². The van der Waals surface area contributed by atoms with Crippen molar-refractivity contribution < 1.29 is 4.74 Å². The van der Waals surface area contributed by atoms with Crippen molar-refractivity contribution in [1.29, 1.82) is 0 Å². The van der Waals surface area contributed by atoms with Gasteiger partial charge in [0.15, 0.2) is 0 Å². The van der Waals surface area contributed by atoms with E-state index in [2.05, 4.69) is 37.3 Å². The van der Waals surface area contributed by atoms with Gasteiger partial charge >= 0.3 is 0 Å². The van der Waals surface area contributed by atoms with E-state index in [9.17, 15) is 0 Å². The van der Waals surface area contributed by atoms with E-state index in [1.165, 1.54) is 12.8 Å². The molecule has 4 nitrogen and oxygen atoms in total. The molecule has 0 spiro atoms. The smallest absolute Gasteiger partial charge is 0.144 e. The minimum atomic E-state index is 0.568. The Hall–Kier alpha value is -0.850. The van der Waals surface area contributed by atoms with Gasteiger partial charge in [-0.3, -0.25) is 10.8 Å². The van der Waals surface area contributed by atoms with Gasteiger partial charge in [0, 0.05) is 16.1 Å². The number of aromatic nitrogens is 1. The summed E-state index contributed by atoms with van der Waals surface area (Å²) in [6, 6.07) is 3.96. The minimum Gasteiger partial charge on any atom is -0.495 e. The van der Waals surface area contributed by atoms with Gasteiger partial charge in [0.1, 0.15) is 5.75 Å². The monoisotopic (exact) mass is 385 g/mol. The fourth-order valence-electron chi connectivity index (χ4n) is 2.23. The highest BCUT2D eigenvalue weighted by Crippen LogP contribution is 2.45. The lowest BCUT2D eigenvalue weighted by Gasteiger charge is -2.14. The summed E-state index contributed by atoms with van der Waals surface area (Å²) in [5.74, 6) is 6.97. The van der Waals surface area contributed by atoms with Gasteiger partial charge in [-0.2, -0.15) is 0 Å². The van der Waals surface area contributed by atoms with Gasteiger partial charge in [-0.25, -0.2) is 0 Å². The number of nitrogens with two attached hydrogens (primary N) is 1. The van der Waals surface area contributed by atoms with Crippen LogP contribution in [0, 0.1) is 0 Å². The van der Waals surface area contributed by atoms with E-state index < -0.39 is 0 Å². The zero-order valence-corrected chi connectivity index (χ0v) is 13.5. The van der Waals surface area contributed by atoms with Gasteiger partial charge in [-0.05, 0) is 56.8 Å². The van der Waals surface area contributed by atoms with Crippen LogP contribution in [0.2, 0.25) is 0 Å². The van der Waals surface area contributed by atoms with E-state index >= 15 is 0 Å². The normalized spacial score (nSPS) is 14.7. The van der Waals surface area contributed by atoms with E-state index in [0.29, 0.717) is 5.92 Å². The Kier molecular flexibility index (Phi) is 3.41. The van der Waals surface area contributed by atoms with Crippen LogP contribution in [0.15, 0.2) is 21.1 Å². The van der Waals surface area contributed by atoms with Crippen LogP contribution < -0.4 is 16.0 Å². The van der Waals surface area contributed by atoms with Gasteiger partial charge in [0.05, 0.1) is 28.2 Å². The summed E-state index contributed by atoms with van der Waals surface area (Å²) >= 11 is 7.06. The number of halogens is 2. The number of nitrogens with one attached hydrogen (secondary N) is 1. The fourth-order valence-corrected chi connectivity index (χ4v) is 3.65. The first-order valence-electron chi connectivity index (χ1n) is 5.99. The third-order valence-corrected chi connectivity index (χ3v) is 4.51. The number of anilines is 1. The maximum atomic E-state index is 5.67. The van der Waals surface area contributed by atoms with Gasteiger partial charge in [-0.1, -0.05) is 0 Å². The highest BCUT2D eigenvalue weighted by molar-refractivity contribution is 9.11. The molecule has 0 radical (unpaired) electrons. The third kappa shape index (κ3) is 2.22. The molecule has 2 aromatic rings. The molecule has 1 aliphatic rings. The average molecular weight is 387 g/mol. The Morgan fingerprint density at radius 2 is 2.05 bits per heavy atom. The summed E-state index contributed by atoms with van der Waals surface area (Å²) < 4.78 is 7.26. The lowest BCUT2D eigenvalue weighted by molar-refractivity contribution is 0.417. The van der Waals surface area contributed by atoms with Gasteiger partial charge in [0.25, 0.3) is 0 Å². The van der Waals surface area contributed by atoms with Crippen molar-refractivity contribution in [2.24, 2.45) is 5.84 Å². The van der Waals surface area contributed by atoms with Crippen LogP contribution >= 0.6 is 31.9 Å². The number of methoxy groups -OCH3 is 1. The predicted molar refractivity (Wildman–Crippen MR) is 83.5 cm³/mol. The largest absolute Gasteiger partial charge is 0.495 e. The Balaban J connectivity index is 2.37. The molecular weight excluding hydrogens is 374 g/mol. The SMILES string of the molecule is COc1c(Br)cc(Br)c2nc(C3CC3)cc(NN)c12. The van der Waals surface area contributed by atoms with E-state index in [1.807, 2.05) is 12.1 Å². The molecule has 0 unspecified atom stereocenters. The second-order valence-corrected chi connectivity index (χ2v) is 6.32. The number of fused-ring (bicyclic) bond motifs is 1. The van der Waals surface area contributed by atoms with Crippen LogP contribution in [0.5, 0.6) is 5.75 Å². The first-order chi connectivity index (χ1) is 9.15. The number of nitrogens with zero attached hydrogens (tertiary/aromatic N) is 1. The summed E-state index contributed by atoms with van der Waals surface area (Å²) in [7, 11) is 1.64. The number of pyridine rings is 1. The second-order valence-electron chi connectivity index (χ2n) is 4.61. The summed E-state index contributed by atoms with van der Waals surface area (Å²) in [6.07, 6.45) is 2.40. The molecule has 6 heteroatoms. The molecule has 1 aromatic carbocycles. The van der Waals surface area contributed by atoms with E-state index in [4.69, 9.17) is 15.6 Å². The molecule has 19 heavy (non-hydrogen) atoms. The van der Waals surface area contributed by atoms with Crippen molar-refractivity contribution in [3.63, 3.8) is 0 Å². The highest BCUT2D eigenvalue weighted by Gasteiger charge is 2.27. The quantitative estimate of drug-likeness (QED) is 0.619. The molecule has 100 valence electrons. The van der Waals surface area contributed by atoms with Crippen LogP contribution in [0.25, 0.3) is 10.9 Å². The van der Waals surface area contributed by atoms with Crippen LogP contribution in [0.3, 0.4) is 0 Å². The predicted octanol–water partition coefficient (Wildman–Crippen LogP) is 3.93. The van der Waals surface area contributed by atoms with Crippen LogP contribution in [-0.4, -0.2) is 12.1 Å². The molecule has 3 N–H and O–H groups in total. The van der Waals surface area contributed by atoms with Gasteiger partial charge in [-0.15, -0.1) is 0 Å². The molecule has 0 atom stereocenters. The zero-order valence-electron chi connectivity index (χ0n) is 10.3. The Labute approximate surface area is 127 Å². The Morgan fingerprint density at radius 3 is 2.63 bits per heavy atom. The number of hydrogen-bond acceptors (Lipinski definition) is 4. The summed E-state index contributed by atoms with van der Waals surface area (Å²) in [6.45, 7) is 0. The van der Waals surface area contributed by atoms with Gasteiger partial charge < -0.3 is 10.2 Å². The van der Waals surface area contributed by atoms with Crippen LogP contribution in [0.1, 0.15) is 24.5 Å². The van der Waals surface area contributed by atoms with Crippen molar-refractivity contribution >= 4 is 48.5 Å². The Morgan fingerprint density at radius 1 is 1.32 bits per heavy atom. The maximum Gasteiger partial charge on any atom is 0.144 e. The van der Waals surface area contributed by atoms with E-state index in [0.717, 1.165) is 37.0 Å². The summed E-state index contributed by atoms with van der Waals surface area (Å²) in [5.41, 5.74) is 5.56. The summed E-state index contributed by atoms with van der Waals surface area (Å²) in [5, 5.41) is 0.885. The second kappa shape index (κ2) is 4.92. The fraction of sp³-hybridized carbons (Fsp3) is 0.308. The van der Waals surface area contributed by atoms with Crippen molar-refractivity contribution in [2.75, 3.05) is 12.5 Å². The number of ether oxygens (including phenoxy) is 1. The van der Waals surface area contributed by atoms with E-state index in [1.54, 1.807) is 7.11 Å². The number of benzene rings is 1. The molecule has 0 bridgehead atoms. The Bertz CT molecular complexity index is 656. The number of nitrogen functional groups attached to an aromatic ring is 1. The summed E-state index contributed by atoms with van der Waals surface area (Å²) in [4.78, 5) is 4.75. The zero-order chi connectivity index (χ0) is 13.6. The molecule has 0 aliphatic heterocycles. The third-order valence-electron chi connectivity index (χ3n) is 3.32. The lowest BCUT2D eigenvalue weighted by atomic mass is 10.1. The number of rotatable bonds is 3. The lowest BCUT2D eigenvalue weighted by Crippen LogP contribution is -2.09. The average Bonchev–Trinajstić information content (AvgIpc) is 3.22. The first kappa shape index (κ1) is 13.1. The molecule has 1 aliphatic carbocycles. The van der Waals surface area contributed by atoms with E-state index in [-0.39, 0.29) is 0 Å². The molecule has 1 aromatic heterocycles. The molecule has 1 heterocycles. The van der Waals surface area contributed by atoms with Crippen LogP contribution in [-0.2, 0) is 0 Å². The highest BCUT2D eigenvalue weighted by atomic mass is 79.9. The molecule has 3 rings (SSSR count). The first-order valence-corrected chi connectivity index (χ1v) is 7.57. The van der Waals surface area contributed by atoms with Gasteiger partial charge in [0.2, 0.25) is 0 Å². The maximum absolute atomic E-state index is 5.67. The van der Waals surface area contributed by atoms with Crippen molar-refractivity contribution in [3.05, 3.63) is 26.8 Å². The standard InChI is InChI=1S/C13H13Br2N3O/c1-19-13-8(15)4-7(14)12-11(13)10(18-16)5-9(17-12)6-2-3-6/h4-6H,2-3,16H2,1H3,(H,17,18). The van der Waals surface area contributed by atoms with Crippen molar-refractivity contribution in [1.82, 2.24) is 4.98 Å². The van der Waals surface area contributed by atoms with Crippen molar-refractivity contribution in [2.45, 2.75) is 18.8 Å². The number of hydrogen-bond donors (Lipinski definition) is 2. The number of hydrazine groups is 1. The molecule has 1 saturated carbocycles.